The van der Waals surface area contributed by atoms with Crippen LogP contribution in [0.25, 0.3) is 0 Å². The second kappa shape index (κ2) is 9.33. The molecule has 0 aliphatic rings. The van der Waals surface area contributed by atoms with E-state index in [2.05, 4.69) is 77.0 Å². The van der Waals surface area contributed by atoms with E-state index in [9.17, 15) is 0 Å². The van der Waals surface area contributed by atoms with E-state index in [1.807, 2.05) is 23.7 Å². The van der Waals surface area contributed by atoms with Gasteiger partial charge in [-0.1, -0.05) is 60.7 Å². The Hall–Kier alpha value is -2.66. The van der Waals surface area contributed by atoms with Crippen LogP contribution >= 0.6 is 12.2 Å². The highest BCUT2D eigenvalue weighted by atomic mass is 32.1. The first-order valence-corrected chi connectivity index (χ1v) is 9.70. The Morgan fingerprint density at radius 2 is 1.56 bits per heavy atom. The van der Waals surface area contributed by atoms with Gasteiger partial charge in [-0.05, 0) is 37.2 Å². The van der Waals surface area contributed by atoms with Gasteiger partial charge >= 0.3 is 0 Å². The third kappa shape index (κ3) is 5.41. The summed E-state index contributed by atoms with van der Waals surface area (Å²) in [5, 5.41) is 8.68. The molecule has 0 saturated heterocycles. The predicted molar refractivity (Wildman–Crippen MR) is 114 cm³/mol. The fraction of sp³-hybridized carbons (Fsp3) is 0.273. The number of nitrogens with zero attached hydrogens (tertiary/aromatic N) is 3. The second-order valence-electron chi connectivity index (χ2n) is 6.58. The second-order valence-corrected chi connectivity index (χ2v) is 6.97. The minimum Gasteiger partial charge on any atom is -0.358 e. The molecular formula is C22H26N4S. The standard InChI is InChI=1S/C22H26N4S/c1-3-26-17-21(18(2)24-26)14-23-22(27)25(15-19-10-6-4-7-11-19)16-20-12-8-5-9-13-20/h4-13,17H,3,14-16H2,1-2H3,(H,23,27). The molecule has 0 amide bonds. The van der Waals surface area contributed by atoms with Crippen LogP contribution in [0.15, 0.2) is 66.9 Å². The summed E-state index contributed by atoms with van der Waals surface area (Å²) in [5.74, 6) is 0. The topological polar surface area (TPSA) is 33.1 Å². The molecular weight excluding hydrogens is 352 g/mol. The molecule has 3 rings (SSSR count). The van der Waals surface area contributed by atoms with Crippen molar-refractivity contribution in [3.8, 4) is 0 Å². The van der Waals surface area contributed by atoms with E-state index in [-0.39, 0.29) is 0 Å². The van der Waals surface area contributed by atoms with Crippen molar-refractivity contribution < 1.29 is 0 Å². The van der Waals surface area contributed by atoms with Crippen molar-refractivity contribution in [3.63, 3.8) is 0 Å². The molecule has 0 saturated carbocycles. The molecule has 2 aromatic carbocycles. The Balaban J connectivity index is 1.70. The maximum atomic E-state index is 5.74. The molecule has 0 atom stereocenters. The van der Waals surface area contributed by atoms with Gasteiger partial charge in [-0.2, -0.15) is 5.10 Å². The normalized spacial score (nSPS) is 10.6. The van der Waals surface area contributed by atoms with Crippen molar-refractivity contribution >= 4 is 17.3 Å². The number of benzene rings is 2. The molecule has 1 heterocycles. The minimum absolute atomic E-state index is 0.685. The fourth-order valence-corrected chi connectivity index (χ4v) is 3.19. The van der Waals surface area contributed by atoms with Gasteiger partial charge < -0.3 is 10.2 Å². The summed E-state index contributed by atoms with van der Waals surface area (Å²) in [4.78, 5) is 2.21. The largest absolute Gasteiger partial charge is 0.358 e. The average molecular weight is 379 g/mol. The van der Waals surface area contributed by atoms with E-state index in [0.717, 1.165) is 30.4 Å². The molecule has 1 aromatic heterocycles. The summed E-state index contributed by atoms with van der Waals surface area (Å²) in [6, 6.07) is 20.9. The summed E-state index contributed by atoms with van der Waals surface area (Å²) in [7, 11) is 0. The molecule has 140 valence electrons. The van der Waals surface area contributed by atoms with Gasteiger partial charge in [0.25, 0.3) is 0 Å². The summed E-state index contributed by atoms with van der Waals surface area (Å²) < 4.78 is 1.96. The lowest BCUT2D eigenvalue weighted by molar-refractivity contribution is 0.399. The Kier molecular flexibility index (Phi) is 6.60. The van der Waals surface area contributed by atoms with E-state index >= 15 is 0 Å². The SMILES string of the molecule is CCn1cc(CNC(=S)N(Cc2ccccc2)Cc2ccccc2)c(C)n1. The van der Waals surface area contributed by atoms with Crippen molar-refractivity contribution in [2.75, 3.05) is 0 Å². The Labute approximate surface area is 166 Å². The monoisotopic (exact) mass is 378 g/mol. The molecule has 1 N–H and O–H groups in total. The zero-order valence-corrected chi connectivity index (χ0v) is 16.7. The van der Waals surface area contributed by atoms with E-state index in [1.165, 1.54) is 16.7 Å². The Bertz CT molecular complexity index is 817. The van der Waals surface area contributed by atoms with Crippen LogP contribution < -0.4 is 5.32 Å². The molecule has 0 unspecified atom stereocenters. The predicted octanol–water partition coefficient (Wildman–Crippen LogP) is 4.29. The minimum atomic E-state index is 0.685. The van der Waals surface area contributed by atoms with Crippen LogP contribution in [0.2, 0.25) is 0 Å². The number of aryl methyl sites for hydroxylation is 2. The molecule has 27 heavy (non-hydrogen) atoms. The Morgan fingerprint density at radius 1 is 1.00 bits per heavy atom. The van der Waals surface area contributed by atoms with Crippen molar-refractivity contribution in [2.24, 2.45) is 0 Å². The van der Waals surface area contributed by atoms with Gasteiger partial charge in [0, 0.05) is 37.9 Å². The molecule has 3 aromatic rings. The Morgan fingerprint density at radius 3 is 2.04 bits per heavy atom. The number of thiocarbonyl (C=S) groups is 1. The van der Waals surface area contributed by atoms with Crippen LogP contribution in [0.4, 0.5) is 0 Å². The number of hydrogen-bond acceptors (Lipinski definition) is 2. The molecule has 5 heteroatoms. The molecule has 0 spiro atoms. The molecule has 0 radical (unpaired) electrons. The lowest BCUT2D eigenvalue weighted by Gasteiger charge is -2.26. The van der Waals surface area contributed by atoms with Crippen molar-refractivity contribution in [3.05, 3.63) is 89.2 Å². The maximum absolute atomic E-state index is 5.74. The van der Waals surface area contributed by atoms with Crippen LogP contribution in [0.3, 0.4) is 0 Å². The lowest BCUT2D eigenvalue weighted by Crippen LogP contribution is -2.38. The third-order valence-corrected chi connectivity index (χ3v) is 4.92. The number of nitrogens with one attached hydrogen (secondary N) is 1. The first-order valence-electron chi connectivity index (χ1n) is 9.29. The quantitative estimate of drug-likeness (QED) is 0.622. The van der Waals surface area contributed by atoms with Crippen molar-refractivity contribution in [2.45, 2.75) is 40.0 Å². The lowest BCUT2D eigenvalue weighted by atomic mass is 10.2. The maximum Gasteiger partial charge on any atom is 0.169 e. The molecule has 0 bridgehead atoms. The van der Waals surface area contributed by atoms with Gasteiger partial charge in [0.15, 0.2) is 5.11 Å². The smallest absolute Gasteiger partial charge is 0.169 e. The molecule has 0 fully saturated rings. The first-order chi connectivity index (χ1) is 13.2. The fourth-order valence-electron chi connectivity index (χ4n) is 2.98. The number of rotatable bonds is 7. The molecule has 0 aliphatic heterocycles. The zero-order valence-electron chi connectivity index (χ0n) is 15.9. The van der Waals surface area contributed by atoms with Gasteiger partial charge in [-0.25, -0.2) is 0 Å². The van der Waals surface area contributed by atoms with Crippen LogP contribution in [0, 0.1) is 6.92 Å². The van der Waals surface area contributed by atoms with Crippen LogP contribution in [-0.4, -0.2) is 19.8 Å². The summed E-state index contributed by atoms with van der Waals surface area (Å²) >= 11 is 5.74. The zero-order chi connectivity index (χ0) is 19.1. The number of aromatic nitrogens is 2. The van der Waals surface area contributed by atoms with Gasteiger partial charge in [0.1, 0.15) is 0 Å². The van der Waals surface area contributed by atoms with Crippen LogP contribution in [0.1, 0.15) is 29.3 Å². The highest BCUT2D eigenvalue weighted by Gasteiger charge is 2.12. The van der Waals surface area contributed by atoms with Gasteiger partial charge in [-0.3, -0.25) is 4.68 Å². The van der Waals surface area contributed by atoms with Crippen molar-refractivity contribution in [1.29, 1.82) is 0 Å². The number of hydrogen-bond donors (Lipinski definition) is 1. The van der Waals surface area contributed by atoms with E-state index in [4.69, 9.17) is 12.2 Å². The summed E-state index contributed by atoms with van der Waals surface area (Å²) in [6.07, 6.45) is 2.09. The summed E-state index contributed by atoms with van der Waals surface area (Å²) in [6.45, 7) is 7.24. The molecule has 0 aliphatic carbocycles. The van der Waals surface area contributed by atoms with Crippen molar-refractivity contribution in [1.82, 2.24) is 20.0 Å². The third-order valence-electron chi connectivity index (χ3n) is 4.52. The first kappa shape index (κ1) is 19.1. The van der Waals surface area contributed by atoms with E-state index < -0.39 is 0 Å². The van der Waals surface area contributed by atoms with E-state index in [0.29, 0.717) is 6.54 Å². The van der Waals surface area contributed by atoms with Crippen LogP contribution in [-0.2, 0) is 26.2 Å². The van der Waals surface area contributed by atoms with E-state index in [1.54, 1.807) is 0 Å². The van der Waals surface area contributed by atoms with Gasteiger partial charge in [-0.15, -0.1) is 0 Å². The highest BCUT2D eigenvalue weighted by molar-refractivity contribution is 7.80. The summed E-state index contributed by atoms with van der Waals surface area (Å²) in [5.41, 5.74) is 4.71. The van der Waals surface area contributed by atoms with Crippen LogP contribution in [0.5, 0.6) is 0 Å². The van der Waals surface area contributed by atoms with Gasteiger partial charge in [0.05, 0.1) is 5.69 Å². The van der Waals surface area contributed by atoms with Gasteiger partial charge in [0.2, 0.25) is 0 Å². The highest BCUT2D eigenvalue weighted by Crippen LogP contribution is 2.12. The average Bonchev–Trinajstić information content (AvgIpc) is 3.07. The molecule has 4 nitrogen and oxygen atoms in total.